The number of rotatable bonds is 8. The maximum Gasteiger partial charge on any atom is 0.411 e. The number of nitrogens with one attached hydrogen (secondary N) is 2. The van der Waals surface area contributed by atoms with Crippen LogP contribution in [0.2, 0.25) is 0 Å². The summed E-state index contributed by atoms with van der Waals surface area (Å²) in [6, 6.07) is 20.9. The maximum atomic E-state index is 13.4. The fraction of sp³-hybridized carbons (Fsp3) is 0.179. The molecule has 0 bridgehead atoms. The lowest BCUT2D eigenvalue weighted by atomic mass is 9.99. The molecule has 2 atom stereocenters. The Morgan fingerprint density at radius 1 is 1.00 bits per heavy atom. The van der Waals surface area contributed by atoms with Gasteiger partial charge >= 0.3 is 6.09 Å². The van der Waals surface area contributed by atoms with Gasteiger partial charge in [-0.05, 0) is 59.3 Å². The molecular weight excluding hydrogens is 490 g/mol. The summed E-state index contributed by atoms with van der Waals surface area (Å²) in [6.07, 6.45) is 0.145. The van der Waals surface area contributed by atoms with E-state index in [-0.39, 0.29) is 24.9 Å². The molecule has 4 aromatic rings. The first-order chi connectivity index (χ1) is 18.0. The summed E-state index contributed by atoms with van der Waals surface area (Å²) in [4.78, 5) is 40.9. The van der Waals surface area contributed by atoms with Crippen LogP contribution in [-0.4, -0.2) is 28.8 Å². The first-order valence-electron chi connectivity index (χ1n) is 11.8. The van der Waals surface area contributed by atoms with Gasteiger partial charge in [0.15, 0.2) is 12.1 Å². The normalized spacial score (nSPS) is 16.9. The second kappa shape index (κ2) is 10.7. The monoisotopic (exact) mass is 515 g/mol. The van der Waals surface area contributed by atoms with Crippen LogP contribution in [0.15, 0.2) is 88.9 Å². The maximum absolute atomic E-state index is 13.4. The van der Waals surface area contributed by atoms with Crippen molar-refractivity contribution in [3.05, 3.63) is 112 Å². The second-order valence-corrected chi connectivity index (χ2v) is 9.60. The number of cyclic esters (lactones) is 1. The molecule has 188 valence electrons. The summed E-state index contributed by atoms with van der Waals surface area (Å²) < 4.78 is 11.1. The number of carbonyl (C=O) groups excluding carboxylic acids is 3. The van der Waals surface area contributed by atoms with Gasteiger partial charge in [-0.3, -0.25) is 14.5 Å². The molecule has 1 saturated heterocycles. The van der Waals surface area contributed by atoms with Gasteiger partial charge in [0, 0.05) is 5.69 Å². The second-order valence-electron chi connectivity index (χ2n) is 8.65. The van der Waals surface area contributed by atoms with Crippen LogP contribution < -0.4 is 10.6 Å². The largest absolute Gasteiger partial charge is 0.467 e. The van der Waals surface area contributed by atoms with Gasteiger partial charge in [-0.25, -0.2) is 4.79 Å². The van der Waals surface area contributed by atoms with Crippen LogP contribution in [0.25, 0.3) is 0 Å². The van der Waals surface area contributed by atoms with Crippen molar-refractivity contribution in [2.75, 3.05) is 5.32 Å². The summed E-state index contributed by atoms with van der Waals surface area (Å²) in [5.41, 5.74) is 3.19. The van der Waals surface area contributed by atoms with Crippen LogP contribution in [0.5, 0.6) is 0 Å². The van der Waals surface area contributed by atoms with Gasteiger partial charge in [0.05, 0.1) is 24.2 Å². The molecule has 1 fully saturated rings. The van der Waals surface area contributed by atoms with Crippen molar-refractivity contribution in [2.24, 2.45) is 0 Å². The smallest absolute Gasteiger partial charge is 0.411 e. The number of nitrogens with zero attached hydrogens (tertiary/aromatic N) is 1. The predicted octanol–water partition coefficient (Wildman–Crippen LogP) is 5.28. The number of thiophene rings is 1. The van der Waals surface area contributed by atoms with Crippen LogP contribution in [0.1, 0.15) is 38.2 Å². The SMILES string of the molecule is Cc1ccccc1CN1C(=O)O[C@H](c2ccc(NC(=O)c3cccs3)cc2)[C@H]1C(=O)NCc1ccco1. The van der Waals surface area contributed by atoms with Crippen molar-refractivity contribution in [1.29, 1.82) is 0 Å². The standard InChI is InChI=1S/C28H25N3O5S/c1-18-6-2-3-7-20(18)17-31-24(27(33)29-16-22-8-4-14-35-22)25(36-28(31)34)19-10-12-21(13-11-19)30-26(32)23-9-5-15-37-23/h2-15,24-25H,16-17H2,1H3,(H,29,33)(H,30,32)/t24-,25+/m0/s1. The highest BCUT2D eigenvalue weighted by atomic mass is 32.1. The third-order valence-electron chi connectivity index (χ3n) is 6.21. The van der Waals surface area contributed by atoms with Gasteiger partial charge < -0.3 is 19.8 Å². The third kappa shape index (κ3) is 5.41. The summed E-state index contributed by atoms with van der Waals surface area (Å²) >= 11 is 1.36. The Labute approximate surface area is 217 Å². The predicted molar refractivity (Wildman–Crippen MR) is 139 cm³/mol. The minimum absolute atomic E-state index is 0.190. The molecule has 1 aliphatic rings. The lowest BCUT2D eigenvalue weighted by Gasteiger charge is -2.24. The molecule has 5 rings (SSSR count). The topological polar surface area (TPSA) is 101 Å². The first kappa shape index (κ1) is 24.3. The molecule has 2 aromatic carbocycles. The minimum atomic E-state index is -0.895. The van der Waals surface area contributed by atoms with E-state index in [1.807, 2.05) is 42.6 Å². The lowest BCUT2D eigenvalue weighted by molar-refractivity contribution is -0.126. The van der Waals surface area contributed by atoms with Gasteiger partial charge in [0.1, 0.15) is 5.76 Å². The average Bonchev–Trinajstić information content (AvgIpc) is 3.67. The van der Waals surface area contributed by atoms with E-state index >= 15 is 0 Å². The fourth-order valence-corrected chi connectivity index (χ4v) is 4.85. The first-order valence-corrected chi connectivity index (χ1v) is 12.6. The summed E-state index contributed by atoms with van der Waals surface area (Å²) in [6.45, 7) is 2.38. The number of carbonyl (C=O) groups is 3. The molecule has 2 aromatic heterocycles. The van der Waals surface area contributed by atoms with Gasteiger partial charge in [-0.2, -0.15) is 0 Å². The molecule has 3 amide bonds. The highest BCUT2D eigenvalue weighted by molar-refractivity contribution is 7.12. The van der Waals surface area contributed by atoms with E-state index in [0.717, 1.165) is 11.1 Å². The molecule has 37 heavy (non-hydrogen) atoms. The molecule has 3 heterocycles. The van der Waals surface area contributed by atoms with E-state index in [1.54, 1.807) is 42.5 Å². The van der Waals surface area contributed by atoms with Gasteiger partial charge in [0.2, 0.25) is 5.91 Å². The summed E-state index contributed by atoms with van der Waals surface area (Å²) in [5.74, 6) is 0.0528. The third-order valence-corrected chi connectivity index (χ3v) is 7.08. The average molecular weight is 516 g/mol. The molecule has 2 N–H and O–H groups in total. The highest BCUT2D eigenvalue weighted by Crippen LogP contribution is 2.35. The Morgan fingerprint density at radius 2 is 1.81 bits per heavy atom. The van der Waals surface area contributed by atoms with E-state index in [4.69, 9.17) is 9.15 Å². The number of anilines is 1. The molecule has 0 radical (unpaired) electrons. The van der Waals surface area contributed by atoms with E-state index in [0.29, 0.717) is 21.9 Å². The highest BCUT2D eigenvalue weighted by Gasteiger charge is 2.47. The van der Waals surface area contributed by atoms with Gasteiger partial charge in [0.25, 0.3) is 5.91 Å². The van der Waals surface area contributed by atoms with E-state index in [1.165, 1.54) is 22.5 Å². The van der Waals surface area contributed by atoms with Crippen LogP contribution in [0.4, 0.5) is 10.5 Å². The van der Waals surface area contributed by atoms with Gasteiger partial charge in [-0.15, -0.1) is 11.3 Å². The van der Waals surface area contributed by atoms with E-state index in [2.05, 4.69) is 10.6 Å². The number of furan rings is 1. The minimum Gasteiger partial charge on any atom is -0.467 e. The van der Waals surface area contributed by atoms with Crippen molar-refractivity contribution in [1.82, 2.24) is 10.2 Å². The molecule has 8 nitrogen and oxygen atoms in total. The molecule has 0 unspecified atom stereocenters. The number of amides is 3. The Kier molecular flexibility index (Phi) is 7.04. The molecule has 0 spiro atoms. The molecule has 1 aliphatic heterocycles. The zero-order chi connectivity index (χ0) is 25.8. The van der Waals surface area contributed by atoms with Crippen molar-refractivity contribution in [3.63, 3.8) is 0 Å². The zero-order valence-corrected chi connectivity index (χ0v) is 20.9. The van der Waals surface area contributed by atoms with Crippen LogP contribution in [0.3, 0.4) is 0 Å². The van der Waals surface area contributed by atoms with Gasteiger partial charge in [-0.1, -0.05) is 42.5 Å². The molecule has 0 aliphatic carbocycles. The van der Waals surface area contributed by atoms with Crippen molar-refractivity contribution < 1.29 is 23.5 Å². The molecule has 9 heteroatoms. The Balaban J connectivity index is 1.38. The van der Waals surface area contributed by atoms with E-state index in [9.17, 15) is 14.4 Å². The van der Waals surface area contributed by atoms with E-state index < -0.39 is 18.2 Å². The Bertz CT molecular complexity index is 1380. The summed E-state index contributed by atoms with van der Waals surface area (Å²) in [5, 5.41) is 7.56. The lowest BCUT2D eigenvalue weighted by Crippen LogP contribution is -2.46. The fourth-order valence-electron chi connectivity index (χ4n) is 4.23. The Morgan fingerprint density at radius 3 is 2.51 bits per heavy atom. The van der Waals surface area contributed by atoms with Crippen LogP contribution in [-0.2, 0) is 22.6 Å². The van der Waals surface area contributed by atoms with Crippen molar-refractivity contribution >= 4 is 34.9 Å². The quantitative estimate of drug-likeness (QED) is 0.333. The molecule has 0 saturated carbocycles. The van der Waals surface area contributed by atoms with Crippen molar-refractivity contribution in [3.8, 4) is 0 Å². The van der Waals surface area contributed by atoms with Crippen LogP contribution in [0, 0.1) is 6.92 Å². The number of aryl methyl sites for hydroxylation is 1. The van der Waals surface area contributed by atoms with Crippen molar-refractivity contribution in [2.45, 2.75) is 32.2 Å². The number of hydrogen-bond acceptors (Lipinski definition) is 6. The molecular formula is C28H25N3O5S. The van der Waals surface area contributed by atoms with Crippen LogP contribution >= 0.6 is 11.3 Å². The number of benzene rings is 2. The number of hydrogen-bond donors (Lipinski definition) is 2. The Hall–Kier alpha value is -4.37. The number of ether oxygens (including phenoxy) is 1. The zero-order valence-electron chi connectivity index (χ0n) is 20.0. The summed E-state index contributed by atoms with van der Waals surface area (Å²) in [7, 11) is 0.